The van der Waals surface area contributed by atoms with Crippen molar-refractivity contribution >= 4 is 17.7 Å². The highest BCUT2D eigenvalue weighted by atomic mass is 19.4. The van der Waals surface area contributed by atoms with Crippen LogP contribution in [0.4, 0.5) is 13.2 Å². The van der Waals surface area contributed by atoms with Crippen LogP contribution in [0.25, 0.3) is 0 Å². The minimum atomic E-state index is -4.39. The summed E-state index contributed by atoms with van der Waals surface area (Å²) in [7, 11) is 0. The highest BCUT2D eigenvalue weighted by Gasteiger charge is 2.50. The molecule has 1 saturated carbocycles. The Hall–Kier alpha value is -3.41. The first-order valence-corrected chi connectivity index (χ1v) is 14.3. The van der Waals surface area contributed by atoms with E-state index < -0.39 is 11.7 Å². The first-order chi connectivity index (χ1) is 19.5. The van der Waals surface area contributed by atoms with E-state index in [0.717, 1.165) is 30.2 Å². The molecule has 2 saturated heterocycles. The number of nitrogens with zero attached hydrogens (tertiary/aromatic N) is 5. The summed E-state index contributed by atoms with van der Waals surface area (Å²) in [5.74, 6) is 0.200. The average molecular weight is 573 g/mol. The van der Waals surface area contributed by atoms with Gasteiger partial charge in [-0.1, -0.05) is 12.1 Å². The standard InChI is InChI=1S/C29H35F3N6O3/c1-17-20(3-2-4-22(17)29(30,31)32)18-5-7-36(8-6-18)25(40)16-38-23-14-19-13-21(19)26(23)27(34-38)28(41)37-11-9-35(10-12-37)15-24(33)39/h2-4,18-19,21H,5-16H2,1H3,(H2,33,39)/t19-,21-/m1/s1. The van der Waals surface area contributed by atoms with Crippen molar-refractivity contribution in [3.8, 4) is 0 Å². The Kier molecular flexibility index (Phi) is 7.07. The Labute approximate surface area is 236 Å². The number of fused-ring (bicyclic) bond motifs is 3. The first kappa shape index (κ1) is 27.7. The van der Waals surface area contributed by atoms with Gasteiger partial charge in [-0.3, -0.25) is 24.0 Å². The lowest BCUT2D eigenvalue weighted by atomic mass is 9.85. The van der Waals surface area contributed by atoms with E-state index in [1.54, 1.807) is 20.5 Å². The van der Waals surface area contributed by atoms with Gasteiger partial charge in [0.25, 0.3) is 5.91 Å². The van der Waals surface area contributed by atoms with E-state index in [1.807, 2.05) is 4.90 Å². The first-order valence-electron chi connectivity index (χ1n) is 14.3. The summed E-state index contributed by atoms with van der Waals surface area (Å²) >= 11 is 0. The number of hydrogen-bond acceptors (Lipinski definition) is 5. The summed E-state index contributed by atoms with van der Waals surface area (Å²) < 4.78 is 41.9. The topological polar surface area (TPSA) is 105 Å². The fourth-order valence-corrected chi connectivity index (χ4v) is 7.03. The molecule has 4 aliphatic rings. The van der Waals surface area contributed by atoms with Crippen molar-refractivity contribution in [3.05, 3.63) is 51.8 Å². The highest BCUT2D eigenvalue weighted by Crippen LogP contribution is 2.57. The van der Waals surface area contributed by atoms with Crippen LogP contribution < -0.4 is 5.73 Å². The third-order valence-corrected chi connectivity index (χ3v) is 9.34. The van der Waals surface area contributed by atoms with Crippen molar-refractivity contribution in [2.24, 2.45) is 11.7 Å². The summed E-state index contributed by atoms with van der Waals surface area (Å²) in [5.41, 5.74) is 8.08. The maximum atomic E-state index is 13.5. The zero-order valence-corrected chi connectivity index (χ0v) is 23.1. The molecule has 2 aliphatic carbocycles. The average Bonchev–Trinajstić information content (AvgIpc) is 3.46. The van der Waals surface area contributed by atoms with Gasteiger partial charge in [-0.05, 0) is 67.6 Å². The van der Waals surface area contributed by atoms with Gasteiger partial charge in [0, 0.05) is 50.5 Å². The lowest BCUT2D eigenvalue weighted by molar-refractivity contribution is -0.138. The van der Waals surface area contributed by atoms with Gasteiger partial charge in [0.1, 0.15) is 6.54 Å². The van der Waals surface area contributed by atoms with E-state index in [4.69, 9.17) is 5.73 Å². The molecule has 3 fully saturated rings. The van der Waals surface area contributed by atoms with Crippen LogP contribution in [-0.2, 0) is 28.7 Å². The van der Waals surface area contributed by atoms with Gasteiger partial charge in [0.15, 0.2) is 5.69 Å². The van der Waals surface area contributed by atoms with Crippen LogP contribution in [0.3, 0.4) is 0 Å². The molecule has 41 heavy (non-hydrogen) atoms. The van der Waals surface area contributed by atoms with Gasteiger partial charge in [-0.15, -0.1) is 0 Å². The smallest absolute Gasteiger partial charge is 0.369 e. The number of benzene rings is 1. The maximum Gasteiger partial charge on any atom is 0.416 e. The van der Waals surface area contributed by atoms with Crippen molar-refractivity contribution in [2.75, 3.05) is 45.8 Å². The number of likely N-dealkylation sites (tertiary alicyclic amines) is 1. The van der Waals surface area contributed by atoms with Crippen LogP contribution in [0.5, 0.6) is 0 Å². The number of carbonyl (C=O) groups is 3. The minimum absolute atomic E-state index is 0.0323. The third kappa shape index (κ3) is 5.33. The Morgan fingerprint density at radius 2 is 1.71 bits per heavy atom. The molecule has 3 heterocycles. The van der Waals surface area contributed by atoms with Crippen molar-refractivity contribution < 1.29 is 27.6 Å². The number of halogens is 3. The van der Waals surface area contributed by atoms with Gasteiger partial charge >= 0.3 is 6.18 Å². The van der Waals surface area contributed by atoms with Crippen LogP contribution in [0.15, 0.2) is 18.2 Å². The van der Waals surface area contributed by atoms with Crippen molar-refractivity contribution in [1.82, 2.24) is 24.5 Å². The van der Waals surface area contributed by atoms with Crippen molar-refractivity contribution in [1.29, 1.82) is 0 Å². The van der Waals surface area contributed by atoms with Gasteiger partial charge in [0.05, 0.1) is 12.1 Å². The normalized spacial score (nSPS) is 22.9. The van der Waals surface area contributed by atoms with Crippen LogP contribution in [0.1, 0.15) is 69.5 Å². The molecule has 0 unspecified atom stereocenters. The molecule has 6 rings (SSSR count). The predicted octanol–water partition coefficient (Wildman–Crippen LogP) is 2.52. The molecule has 9 nitrogen and oxygen atoms in total. The summed E-state index contributed by atoms with van der Waals surface area (Å²) in [6, 6.07) is 4.35. The van der Waals surface area contributed by atoms with E-state index in [2.05, 4.69) is 5.10 Å². The SMILES string of the molecule is Cc1c(C2CCN(C(=O)Cn3nc(C(=O)N4CCN(CC(N)=O)CC4)c4c3C[C@H]3C[C@@H]43)CC2)cccc1C(F)(F)F. The number of piperidine rings is 1. The van der Waals surface area contributed by atoms with E-state index in [9.17, 15) is 27.6 Å². The Morgan fingerprint density at radius 3 is 2.37 bits per heavy atom. The van der Waals surface area contributed by atoms with E-state index in [-0.39, 0.29) is 42.3 Å². The van der Waals surface area contributed by atoms with E-state index >= 15 is 0 Å². The fraction of sp³-hybridized carbons (Fsp3) is 0.586. The van der Waals surface area contributed by atoms with Gasteiger partial charge in [-0.2, -0.15) is 18.3 Å². The van der Waals surface area contributed by atoms with Gasteiger partial charge in [0.2, 0.25) is 11.8 Å². The van der Waals surface area contributed by atoms with E-state index in [1.165, 1.54) is 13.0 Å². The molecule has 2 N–H and O–H groups in total. The zero-order chi connectivity index (χ0) is 29.1. The molecule has 0 spiro atoms. The quantitative estimate of drug-likeness (QED) is 0.573. The summed E-state index contributed by atoms with van der Waals surface area (Å²) in [6.07, 6.45) is -1.33. The number of primary amides is 1. The van der Waals surface area contributed by atoms with Crippen molar-refractivity contribution in [2.45, 2.75) is 57.2 Å². The number of amides is 3. The monoisotopic (exact) mass is 572 g/mol. The largest absolute Gasteiger partial charge is 0.416 e. The Bertz CT molecular complexity index is 1370. The van der Waals surface area contributed by atoms with Gasteiger partial charge < -0.3 is 15.5 Å². The summed E-state index contributed by atoms with van der Waals surface area (Å²) in [6.45, 7) is 4.80. The second kappa shape index (κ2) is 10.5. The third-order valence-electron chi connectivity index (χ3n) is 9.34. The van der Waals surface area contributed by atoms with Crippen LogP contribution in [-0.4, -0.2) is 88.0 Å². The second-order valence-electron chi connectivity index (χ2n) is 11.9. The summed E-state index contributed by atoms with van der Waals surface area (Å²) in [4.78, 5) is 43.6. The lowest BCUT2D eigenvalue weighted by Crippen LogP contribution is -2.50. The van der Waals surface area contributed by atoms with Crippen LogP contribution in [0.2, 0.25) is 0 Å². The minimum Gasteiger partial charge on any atom is -0.369 e. The Balaban J connectivity index is 1.11. The van der Waals surface area contributed by atoms with Crippen LogP contribution in [0, 0.1) is 12.8 Å². The number of hydrogen-bond donors (Lipinski definition) is 1. The number of aromatic nitrogens is 2. The fourth-order valence-electron chi connectivity index (χ4n) is 7.03. The molecule has 0 bridgehead atoms. The number of carbonyl (C=O) groups excluding carboxylic acids is 3. The molecule has 3 amide bonds. The highest BCUT2D eigenvalue weighted by molar-refractivity contribution is 5.95. The van der Waals surface area contributed by atoms with Crippen LogP contribution >= 0.6 is 0 Å². The predicted molar refractivity (Wildman–Crippen MR) is 143 cm³/mol. The molecular weight excluding hydrogens is 537 g/mol. The van der Waals surface area contributed by atoms with Gasteiger partial charge in [-0.25, -0.2) is 0 Å². The molecule has 12 heteroatoms. The zero-order valence-electron chi connectivity index (χ0n) is 23.1. The number of piperazine rings is 1. The summed E-state index contributed by atoms with van der Waals surface area (Å²) in [5, 5.41) is 4.68. The number of alkyl halides is 3. The second-order valence-corrected chi connectivity index (χ2v) is 11.9. The molecule has 1 aromatic heterocycles. The van der Waals surface area contributed by atoms with Crippen molar-refractivity contribution in [3.63, 3.8) is 0 Å². The maximum absolute atomic E-state index is 13.5. The van der Waals surface area contributed by atoms with E-state index in [0.29, 0.717) is 75.2 Å². The lowest BCUT2D eigenvalue weighted by Gasteiger charge is -2.33. The molecule has 220 valence electrons. The molecular formula is C29H35F3N6O3. The number of nitrogens with two attached hydrogens (primary N) is 1. The molecule has 2 aliphatic heterocycles. The molecule has 0 radical (unpaired) electrons. The molecule has 1 aromatic carbocycles. The molecule has 2 aromatic rings. The Morgan fingerprint density at radius 1 is 1.00 bits per heavy atom. The molecule has 2 atom stereocenters. The number of rotatable bonds is 6.